The summed E-state index contributed by atoms with van der Waals surface area (Å²) in [4.78, 5) is 13.3. The molecule has 0 radical (unpaired) electrons. The summed E-state index contributed by atoms with van der Waals surface area (Å²) in [6.45, 7) is 3.54. The highest BCUT2D eigenvalue weighted by Crippen LogP contribution is 2.24. The molecule has 11 heteroatoms. The molecule has 1 rings (SSSR count). The van der Waals surface area contributed by atoms with Crippen LogP contribution in [0.25, 0.3) is 0 Å². The van der Waals surface area contributed by atoms with Crippen molar-refractivity contribution in [1.29, 1.82) is 0 Å². The number of rotatable bonds is 67. The maximum absolute atomic E-state index is 13.3. The number of nitrogens with one attached hydrogen (secondary N) is 1. The van der Waals surface area contributed by atoms with E-state index in [0.717, 1.165) is 38.5 Å². The molecule has 0 saturated carbocycles. The molecule has 502 valence electrons. The number of aliphatic hydroxyl groups excluding tert-OH is 7. The van der Waals surface area contributed by atoms with Gasteiger partial charge in [-0.25, -0.2) is 0 Å². The quantitative estimate of drug-likeness (QED) is 0.0272. The molecule has 1 fully saturated rings. The molecule has 9 atom stereocenters. The van der Waals surface area contributed by atoms with Gasteiger partial charge in [0.25, 0.3) is 0 Å². The monoisotopic (exact) mass is 1200 g/mol. The van der Waals surface area contributed by atoms with Gasteiger partial charge in [-0.1, -0.05) is 380 Å². The van der Waals surface area contributed by atoms with E-state index in [0.29, 0.717) is 19.3 Å². The summed E-state index contributed by atoms with van der Waals surface area (Å²) in [5.74, 6) is -0.686. The standard InChI is InChI=1S/C73H145NO10/c1-3-5-7-9-11-13-15-17-19-21-23-25-27-29-31-32-33-34-35-37-38-40-42-44-46-48-50-52-54-56-58-60-65(76)68(78)64(63-83-73-71(81)70(80)69(79)67(62-75)84-73)74-72(82)66(77)61-59-57-55-53-51-49-47-45-43-41-39-36-30-28-26-24-22-20-18-16-14-12-10-8-6-4-2/h64-71,73,75-81H,3-63H2,1-2H3,(H,74,82). The van der Waals surface area contributed by atoms with E-state index < -0.39 is 74.2 Å². The second-order valence-corrected chi connectivity index (χ2v) is 26.7. The Morgan fingerprint density at radius 3 is 0.881 bits per heavy atom. The minimum Gasteiger partial charge on any atom is -0.394 e. The Morgan fingerprint density at radius 1 is 0.369 bits per heavy atom. The van der Waals surface area contributed by atoms with Gasteiger partial charge in [-0.3, -0.25) is 4.79 Å². The molecule has 8 N–H and O–H groups in total. The van der Waals surface area contributed by atoms with Crippen LogP contribution in [0.4, 0.5) is 0 Å². The van der Waals surface area contributed by atoms with Crippen LogP contribution in [0.1, 0.15) is 393 Å². The van der Waals surface area contributed by atoms with Gasteiger partial charge in [-0.15, -0.1) is 0 Å². The molecule has 84 heavy (non-hydrogen) atoms. The molecular formula is C73H145NO10. The van der Waals surface area contributed by atoms with Crippen molar-refractivity contribution < 1.29 is 50.0 Å². The maximum Gasteiger partial charge on any atom is 0.249 e. The van der Waals surface area contributed by atoms with Crippen LogP contribution in [0.2, 0.25) is 0 Å². The highest BCUT2D eigenvalue weighted by atomic mass is 16.7. The van der Waals surface area contributed by atoms with Crippen molar-refractivity contribution >= 4 is 5.91 Å². The normalized spacial score (nSPS) is 18.8. The number of carbonyl (C=O) groups excluding carboxylic acids is 1. The average Bonchev–Trinajstić information content (AvgIpc) is 3.66. The van der Waals surface area contributed by atoms with E-state index in [1.807, 2.05) is 0 Å². The molecule has 1 heterocycles. The Bertz CT molecular complexity index is 1330. The van der Waals surface area contributed by atoms with Gasteiger partial charge in [0.2, 0.25) is 5.91 Å². The molecule has 0 aromatic heterocycles. The number of hydrogen-bond donors (Lipinski definition) is 8. The highest BCUT2D eigenvalue weighted by Gasteiger charge is 2.44. The van der Waals surface area contributed by atoms with E-state index in [9.17, 15) is 40.5 Å². The SMILES string of the molecule is CCCCCCCCCCCCCCCCCCCCCCCCCCCCCCCCCC(O)C(O)C(COC1OC(CO)C(O)C(O)C1O)NC(=O)C(O)CCCCCCCCCCCCCCCCCCCCCCCCCCCC. The summed E-state index contributed by atoms with van der Waals surface area (Å²) in [7, 11) is 0. The van der Waals surface area contributed by atoms with Gasteiger partial charge in [-0.2, -0.15) is 0 Å². The van der Waals surface area contributed by atoms with Gasteiger partial charge in [-0.05, 0) is 12.8 Å². The van der Waals surface area contributed by atoms with Crippen LogP contribution >= 0.6 is 0 Å². The van der Waals surface area contributed by atoms with Crippen LogP contribution in [-0.4, -0.2) is 110 Å². The molecule has 9 unspecified atom stereocenters. The molecule has 0 aromatic rings. The van der Waals surface area contributed by atoms with Crippen molar-refractivity contribution in [3.8, 4) is 0 Å². The summed E-state index contributed by atoms with van der Waals surface area (Å²) in [6, 6.07) is -1.16. The lowest BCUT2D eigenvalue weighted by molar-refractivity contribution is -0.303. The van der Waals surface area contributed by atoms with Gasteiger partial charge in [0.1, 0.15) is 36.6 Å². The summed E-state index contributed by atoms with van der Waals surface area (Å²) in [6.07, 6.45) is 64.8. The fraction of sp³-hybridized carbons (Fsp3) is 0.986. The zero-order valence-electron chi connectivity index (χ0n) is 55.7. The van der Waals surface area contributed by atoms with Crippen LogP contribution < -0.4 is 5.32 Å². The predicted molar refractivity (Wildman–Crippen MR) is 353 cm³/mol. The number of unbranched alkanes of at least 4 members (excludes halogenated alkanes) is 55. The minimum atomic E-state index is -1.66. The molecule has 1 aliphatic rings. The smallest absolute Gasteiger partial charge is 0.249 e. The van der Waals surface area contributed by atoms with Crippen LogP contribution in [0.5, 0.6) is 0 Å². The number of aliphatic hydroxyl groups is 7. The molecule has 1 saturated heterocycles. The number of hydrogen-bond acceptors (Lipinski definition) is 10. The Morgan fingerprint density at radius 2 is 0.619 bits per heavy atom. The van der Waals surface area contributed by atoms with Crippen LogP contribution in [0.15, 0.2) is 0 Å². The number of ether oxygens (including phenoxy) is 2. The first-order valence-electron chi connectivity index (χ1n) is 37.4. The lowest BCUT2D eigenvalue weighted by Crippen LogP contribution is -2.60. The summed E-state index contributed by atoms with van der Waals surface area (Å²) < 4.78 is 11.2. The Balaban J connectivity index is 2.15. The van der Waals surface area contributed by atoms with Gasteiger partial charge in [0.05, 0.1) is 25.4 Å². The fourth-order valence-corrected chi connectivity index (χ4v) is 12.7. The van der Waals surface area contributed by atoms with Crippen molar-refractivity contribution in [2.75, 3.05) is 13.2 Å². The van der Waals surface area contributed by atoms with Crippen molar-refractivity contribution in [2.24, 2.45) is 0 Å². The second-order valence-electron chi connectivity index (χ2n) is 26.7. The highest BCUT2D eigenvalue weighted by molar-refractivity contribution is 5.80. The average molecular weight is 1200 g/mol. The van der Waals surface area contributed by atoms with E-state index in [-0.39, 0.29) is 6.42 Å². The summed E-state index contributed by atoms with van der Waals surface area (Å²) >= 11 is 0. The lowest BCUT2D eigenvalue weighted by atomic mass is 9.98. The third-order valence-electron chi connectivity index (χ3n) is 18.7. The Kier molecular flexibility index (Phi) is 60.2. The van der Waals surface area contributed by atoms with Gasteiger partial charge >= 0.3 is 0 Å². The predicted octanol–water partition coefficient (Wildman–Crippen LogP) is 18.4. The topological polar surface area (TPSA) is 189 Å². The number of carbonyl (C=O) groups is 1. The molecule has 0 bridgehead atoms. The van der Waals surface area contributed by atoms with Gasteiger partial charge in [0.15, 0.2) is 6.29 Å². The zero-order chi connectivity index (χ0) is 61.0. The number of amides is 1. The van der Waals surface area contributed by atoms with Gasteiger partial charge < -0.3 is 50.5 Å². The summed E-state index contributed by atoms with van der Waals surface area (Å²) in [5, 5.41) is 76.7. The lowest BCUT2D eigenvalue weighted by Gasteiger charge is -2.40. The largest absolute Gasteiger partial charge is 0.394 e. The molecular weight excluding hydrogens is 1050 g/mol. The van der Waals surface area contributed by atoms with Crippen molar-refractivity contribution in [3.05, 3.63) is 0 Å². The van der Waals surface area contributed by atoms with Crippen molar-refractivity contribution in [2.45, 2.75) is 448 Å². The summed E-state index contributed by atoms with van der Waals surface area (Å²) in [5.41, 5.74) is 0. The molecule has 1 aliphatic heterocycles. The van der Waals surface area contributed by atoms with E-state index in [1.54, 1.807) is 0 Å². The minimum absolute atomic E-state index is 0.268. The molecule has 1 amide bonds. The van der Waals surface area contributed by atoms with Crippen LogP contribution in [0.3, 0.4) is 0 Å². The first-order chi connectivity index (χ1) is 41.2. The molecule has 0 spiro atoms. The van der Waals surface area contributed by atoms with E-state index >= 15 is 0 Å². The molecule has 0 aliphatic carbocycles. The van der Waals surface area contributed by atoms with Gasteiger partial charge in [0, 0.05) is 0 Å². The second kappa shape index (κ2) is 62.3. The maximum atomic E-state index is 13.3. The van der Waals surface area contributed by atoms with E-state index in [1.165, 1.54) is 315 Å². The third kappa shape index (κ3) is 49.0. The zero-order valence-corrected chi connectivity index (χ0v) is 55.7. The Hall–Kier alpha value is -0.890. The van der Waals surface area contributed by atoms with Crippen molar-refractivity contribution in [3.63, 3.8) is 0 Å². The van der Waals surface area contributed by atoms with E-state index in [2.05, 4.69) is 19.2 Å². The first kappa shape index (κ1) is 81.1. The molecule has 0 aromatic carbocycles. The van der Waals surface area contributed by atoms with Crippen molar-refractivity contribution in [1.82, 2.24) is 5.32 Å². The van der Waals surface area contributed by atoms with Crippen LogP contribution in [-0.2, 0) is 14.3 Å². The Labute approximate surface area is 520 Å². The fourth-order valence-electron chi connectivity index (χ4n) is 12.7. The van der Waals surface area contributed by atoms with Crippen LogP contribution in [0, 0.1) is 0 Å². The third-order valence-corrected chi connectivity index (χ3v) is 18.7. The van der Waals surface area contributed by atoms with E-state index in [4.69, 9.17) is 9.47 Å². The molecule has 11 nitrogen and oxygen atoms in total. The first-order valence-corrected chi connectivity index (χ1v) is 37.4.